The van der Waals surface area contributed by atoms with Crippen molar-refractivity contribution in [2.24, 2.45) is 0 Å². The van der Waals surface area contributed by atoms with Crippen LogP contribution in [0.15, 0.2) is 65.4 Å². The van der Waals surface area contributed by atoms with Crippen LogP contribution in [0.5, 0.6) is 0 Å². The molecule has 0 aliphatic rings. The molecular formula is C23H22FN5O2. The summed E-state index contributed by atoms with van der Waals surface area (Å²) in [6.07, 6.45) is 3.45. The van der Waals surface area contributed by atoms with E-state index in [0.29, 0.717) is 18.8 Å². The topological polar surface area (TPSA) is 85.8 Å². The average Bonchev–Trinajstić information content (AvgIpc) is 3.43. The third-order valence-corrected chi connectivity index (χ3v) is 4.83. The summed E-state index contributed by atoms with van der Waals surface area (Å²) >= 11 is 0. The maximum atomic E-state index is 13.3. The molecule has 0 bridgehead atoms. The number of hydrogen-bond donors (Lipinski definition) is 1. The van der Waals surface area contributed by atoms with Crippen molar-refractivity contribution in [1.82, 2.24) is 25.2 Å². The van der Waals surface area contributed by atoms with Crippen molar-refractivity contribution in [1.29, 1.82) is 0 Å². The monoisotopic (exact) mass is 419 g/mol. The lowest BCUT2D eigenvalue weighted by Crippen LogP contribution is -2.27. The Morgan fingerprint density at radius 1 is 1.16 bits per heavy atom. The molecule has 3 aromatic heterocycles. The van der Waals surface area contributed by atoms with Gasteiger partial charge in [0.05, 0.1) is 23.6 Å². The van der Waals surface area contributed by atoms with E-state index in [9.17, 15) is 9.18 Å². The largest absolute Gasteiger partial charge is 0.351 e. The summed E-state index contributed by atoms with van der Waals surface area (Å²) < 4.78 is 20.2. The number of amides is 1. The van der Waals surface area contributed by atoms with E-state index in [0.717, 1.165) is 22.5 Å². The van der Waals surface area contributed by atoms with E-state index in [-0.39, 0.29) is 23.4 Å². The molecule has 1 N–H and O–H groups in total. The number of carbonyl (C=O) groups is 1. The first kappa shape index (κ1) is 20.5. The number of benzene rings is 1. The summed E-state index contributed by atoms with van der Waals surface area (Å²) in [6, 6.07) is 13.6. The van der Waals surface area contributed by atoms with Gasteiger partial charge in [0.15, 0.2) is 0 Å². The fraction of sp³-hybridized carbons (Fsp3) is 0.217. The van der Waals surface area contributed by atoms with E-state index in [4.69, 9.17) is 4.52 Å². The van der Waals surface area contributed by atoms with Crippen molar-refractivity contribution in [2.45, 2.75) is 26.3 Å². The van der Waals surface area contributed by atoms with E-state index in [1.807, 2.05) is 32.0 Å². The Morgan fingerprint density at radius 2 is 1.97 bits per heavy atom. The fourth-order valence-corrected chi connectivity index (χ4v) is 3.13. The third kappa shape index (κ3) is 4.69. The standard InChI is InChI=1S/C23H22FN5O2/c1-15(2)19-13-22(31-28-19)23(30)26-10-11-29-21(17-4-3-9-25-14-17)12-20(27-29)16-5-7-18(24)8-6-16/h3-9,12-15H,10-11H2,1-2H3,(H,26,30). The van der Waals surface area contributed by atoms with Gasteiger partial charge in [0.25, 0.3) is 5.91 Å². The van der Waals surface area contributed by atoms with Crippen LogP contribution in [0.25, 0.3) is 22.5 Å². The van der Waals surface area contributed by atoms with Crippen molar-refractivity contribution >= 4 is 5.91 Å². The molecule has 3 heterocycles. The van der Waals surface area contributed by atoms with Gasteiger partial charge >= 0.3 is 0 Å². The third-order valence-electron chi connectivity index (χ3n) is 4.83. The Bertz CT molecular complexity index is 1170. The summed E-state index contributed by atoms with van der Waals surface area (Å²) in [5.74, 6) is -0.260. The molecule has 7 nitrogen and oxygen atoms in total. The molecule has 0 aliphatic heterocycles. The first-order chi connectivity index (χ1) is 15.0. The van der Waals surface area contributed by atoms with Crippen LogP contribution in [0.1, 0.15) is 36.0 Å². The van der Waals surface area contributed by atoms with E-state index >= 15 is 0 Å². The van der Waals surface area contributed by atoms with Gasteiger partial charge in [-0.05, 0) is 48.4 Å². The maximum Gasteiger partial charge on any atom is 0.289 e. The van der Waals surface area contributed by atoms with E-state index in [1.165, 1.54) is 12.1 Å². The van der Waals surface area contributed by atoms with Gasteiger partial charge in [-0.1, -0.05) is 19.0 Å². The quantitative estimate of drug-likeness (QED) is 0.483. The number of nitrogens with one attached hydrogen (secondary N) is 1. The lowest BCUT2D eigenvalue weighted by Gasteiger charge is -2.08. The Labute approximate surface area is 178 Å². The summed E-state index contributed by atoms with van der Waals surface area (Å²) in [4.78, 5) is 16.5. The highest BCUT2D eigenvalue weighted by Crippen LogP contribution is 2.26. The SMILES string of the molecule is CC(C)c1cc(C(=O)NCCn2nc(-c3ccc(F)cc3)cc2-c2cccnc2)on1. The molecule has 4 aromatic rings. The van der Waals surface area contributed by atoms with Gasteiger partial charge in [0.2, 0.25) is 5.76 Å². The minimum atomic E-state index is -0.326. The normalized spacial score (nSPS) is 11.1. The Hall–Kier alpha value is -3.81. The van der Waals surface area contributed by atoms with Crippen LogP contribution in [0.3, 0.4) is 0 Å². The predicted molar refractivity (Wildman–Crippen MR) is 114 cm³/mol. The first-order valence-electron chi connectivity index (χ1n) is 10.0. The highest BCUT2D eigenvalue weighted by Gasteiger charge is 2.16. The number of rotatable bonds is 7. The van der Waals surface area contributed by atoms with Gasteiger partial charge in [0, 0.05) is 36.1 Å². The molecule has 31 heavy (non-hydrogen) atoms. The molecular weight excluding hydrogens is 397 g/mol. The number of nitrogens with zero attached hydrogens (tertiary/aromatic N) is 4. The number of aromatic nitrogens is 4. The number of pyridine rings is 1. The Balaban J connectivity index is 1.52. The second-order valence-corrected chi connectivity index (χ2v) is 7.41. The van der Waals surface area contributed by atoms with Crippen LogP contribution < -0.4 is 5.32 Å². The van der Waals surface area contributed by atoms with Gasteiger partial charge < -0.3 is 9.84 Å². The molecule has 0 unspecified atom stereocenters. The van der Waals surface area contributed by atoms with E-state index in [1.54, 1.807) is 35.3 Å². The van der Waals surface area contributed by atoms with Crippen LogP contribution >= 0.6 is 0 Å². The van der Waals surface area contributed by atoms with Crippen LogP contribution in [0.4, 0.5) is 4.39 Å². The van der Waals surface area contributed by atoms with Crippen molar-refractivity contribution in [2.75, 3.05) is 6.54 Å². The van der Waals surface area contributed by atoms with Gasteiger partial charge in [0.1, 0.15) is 5.82 Å². The lowest BCUT2D eigenvalue weighted by atomic mass is 10.1. The van der Waals surface area contributed by atoms with E-state index in [2.05, 4.69) is 20.6 Å². The minimum absolute atomic E-state index is 0.182. The molecule has 0 radical (unpaired) electrons. The zero-order valence-electron chi connectivity index (χ0n) is 17.2. The molecule has 0 spiro atoms. The molecule has 0 fully saturated rings. The molecule has 8 heteroatoms. The van der Waals surface area contributed by atoms with Crippen molar-refractivity contribution < 1.29 is 13.7 Å². The van der Waals surface area contributed by atoms with Crippen LogP contribution in [-0.4, -0.2) is 32.4 Å². The van der Waals surface area contributed by atoms with Gasteiger partial charge in [-0.15, -0.1) is 0 Å². The maximum absolute atomic E-state index is 13.3. The zero-order valence-corrected chi connectivity index (χ0v) is 17.2. The second kappa shape index (κ2) is 8.91. The summed E-state index contributed by atoms with van der Waals surface area (Å²) in [5, 5.41) is 11.4. The highest BCUT2D eigenvalue weighted by molar-refractivity contribution is 5.91. The van der Waals surface area contributed by atoms with Gasteiger partial charge in [-0.25, -0.2) is 4.39 Å². The Morgan fingerprint density at radius 3 is 2.65 bits per heavy atom. The highest BCUT2D eigenvalue weighted by atomic mass is 19.1. The number of halogens is 1. The lowest BCUT2D eigenvalue weighted by molar-refractivity contribution is 0.0915. The molecule has 0 saturated carbocycles. The molecule has 4 rings (SSSR count). The molecule has 0 aliphatic carbocycles. The van der Waals surface area contributed by atoms with Crippen molar-refractivity contribution in [3.63, 3.8) is 0 Å². The molecule has 158 valence electrons. The smallest absolute Gasteiger partial charge is 0.289 e. The zero-order chi connectivity index (χ0) is 21.8. The number of carbonyl (C=O) groups excluding carboxylic acids is 1. The molecule has 0 atom stereocenters. The summed E-state index contributed by atoms with van der Waals surface area (Å²) in [6.45, 7) is 4.74. The fourth-order valence-electron chi connectivity index (χ4n) is 3.13. The predicted octanol–water partition coefficient (Wildman–Crippen LogP) is 4.29. The number of hydrogen-bond acceptors (Lipinski definition) is 5. The van der Waals surface area contributed by atoms with Crippen LogP contribution in [0, 0.1) is 5.82 Å². The van der Waals surface area contributed by atoms with Gasteiger partial charge in [-0.2, -0.15) is 5.10 Å². The average molecular weight is 419 g/mol. The Kier molecular flexibility index (Phi) is 5.88. The van der Waals surface area contributed by atoms with Crippen molar-refractivity contribution in [3.8, 4) is 22.5 Å². The molecule has 1 aromatic carbocycles. The van der Waals surface area contributed by atoms with E-state index < -0.39 is 0 Å². The first-order valence-corrected chi connectivity index (χ1v) is 10.0. The van der Waals surface area contributed by atoms with Gasteiger partial charge in [-0.3, -0.25) is 14.5 Å². The second-order valence-electron chi connectivity index (χ2n) is 7.41. The van der Waals surface area contributed by atoms with Crippen LogP contribution in [0.2, 0.25) is 0 Å². The molecule has 1 amide bonds. The summed E-state index contributed by atoms with van der Waals surface area (Å²) in [5.41, 5.74) is 3.99. The molecule has 0 saturated heterocycles. The van der Waals surface area contributed by atoms with Crippen molar-refractivity contribution in [3.05, 3.63) is 78.2 Å². The van der Waals surface area contributed by atoms with Crippen LogP contribution in [-0.2, 0) is 6.54 Å². The summed E-state index contributed by atoms with van der Waals surface area (Å²) in [7, 11) is 0. The minimum Gasteiger partial charge on any atom is -0.351 e.